The summed E-state index contributed by atoms with van der Waals surface area (Å²) >= 11 is 0. The molecular formula is C21H15F3N2O3. The Morgan fingerprint density at radius 3 is 2.62 bits per heavy atom. The number of fused-ring (bicyclic) bond motifs is 3. The van der Waals surface area contributed by atoms with Crippen molar-refractivity contribution in [2.45, 2.75) is 19.1 Å². The normalized spacial score (nSPS) is 17.0. The predicted octanol–water partition coefficient (Wildman–Crippen LogP) is 4.13. The minimum atomic E-state index is -4.49. The quantitative estimate of drug-likeness (QED) is 0.616. The number of rotatable bonds is 1. The lowest BCUT2D eigenvalue weighted by atomic mass is 10.1. The van der Waals surface area contributed by atoms with Crippen molar-refractivity contribution in [2.24, 2.45) is 0 Å². The van der Waals surface area contributed by atoms with Crippen LogP contribution in [0.5, 0.6) is 11.5 Å². The van der Waals surface area contributed by atoms with Crippen molar-refractivity contribution in [3.05, 3.63) is 63.7 Å². The van der Waals surface area contributed by atoms with Gasteiger partial charge in [0, 0.05) is 6.54 Å². The highest BCUT2D eigenvalue weighted by Crippen LogP contribution is 2.34. The molecule has 0 atom stereocenters. The van der Waals surface area contributed by atoms with E-state index in [2.05, 4.69) is 4.98 Å². The summed E-state index contributed by atoms with van der Waals surface area (Å²) in [6, 6.07) is 8.56. The van der Waals surface area contributed by atoms with E-state index in [0.717, 1.165) is 23.3 Å². The van der Waals surface area contributed by atoms with Crippen molar-refractivity contribution in [1.29, 1.82) is 0 Å². The molecule has 2 aliphatic rings. The van der Waals surface area contributed by atoms with Gasteiger partial charge in [-0.1, -0.05) is 6.07 Å². The molecular weight excluding hydrogens is 385 g/mol. The molecule has 3 aromatic rings. The zero-order valence-corrected chi connectivity index (χ0v) is 15.1. The molecule has 0 spiro atoms. The highest BCUT2D eigenvalue weighted by atomic mass is 19.4. The lowest BCUT2D eigenvalue weighted by Gasteiger charge is -2.18. The fourth-order valence-electron chi connectivity index (χ4n) is 3.68. The van der Waals surface area contributed by atoms with Gasteiger partial charge in [-0.3, -0.25) is 9.36 Å². The summed E-state index contributed by atoms with van der Waals surface area (Å²) in [4.78, 5) is 17.1. The molecule has 0 amide bonds. The highest BCUT2D eigenvalue weighted by Gasteiger charge is 2.31. The van der Waals surface area contributed by atoms with Gasteiger partial charge in [0.2, 0.25) is 0 Å². The third kappa shape index (κ3) is 3.04. The topological polar surface area (TPSA) is 53.4 Å². The number of hydrogen-bond donors (Lipinski definition) is 0. The average Bonchev–Trinajstić information content (AvgIpc) is 3.10. The molecule has 0 fully saturated rings. The van der Waals surface area contributed by atoms with Crippen LogP contribution in [0.3, 0.4) is 0 Å². The summed E-state index contributed by atoms with van der Waals surface area (Å²) in [7, 11) is 0. The van der Waals surface area contributed by atoms with Crippen LogP contribution in [-0.2, 0) is 12.7 Å². The first-order chi connectivity index (χ1) is 13.9. The standard InChI is InChI=1S/C21H15F3N2O3/c22-21(23,24)14-2-3-15-16(11-14)25-19-13(5-6-26(19)20(15)27)9-12-1-4-17-18(10-12)29-8-7-28-17/h1-4,9-11H,5-8H2/b13-9+. The molecule has 0 radical (unpaired) electrons. The minimum absolute atomic E-state index is 0.0473. The molecule has 0 unspecified atom stereocenters. The Morgan fingerprint density at radius 1 is 1.03 bits per heavy atom. The van der Waals surface area contributed by atoms with E-state index in [-0.39, 0.29) is 16.5 Å². The summed E-state index contributed by atoms with van der Waals surface area (Å²) in [6.45, 7) is 1.41. The van der Waals surface area contributed by atoms with Crippen LogP contribution < -0.4 is 15.0 Å². The number of benzene rings is 2. The van der Waals surface area contributed by atoms with E-state index in [0.29, 0.717) is 43.5 Å². The molecule has 0 saturated carbocycles. The van der Waals surface area contributed by atoms with Crippen LogP contribution >= 0.6 is 0 Å². The Labute approximate surface area is 163 Å². The van der Waals surface area contributed by atoms with Crippen LogP contribution in [0.1, 0.15) is 23.4 Å². The van der Waals surface area contributed by atoms with Gasteiger partial charge < -0.3 is 9.47 Å². The largest absolute Gasteiger partial charge is 0.486 e. The summed E-state index contributed by atoms with van der Waals surface area (Å²) in [6.07, 6.45) is -2.04. The number of alkyl halides is 3. The van der Waals surface area contributed by atoms with Gasteiger partial charge in [0.15, 0.2) is 11.5 Å². The molecule has 5 rings (SSSR count). The number of aromatic nitrogens is 2. The number of halogens is 3. The average molecular weight is 400 g/mol. The van der Waals surface area contributed by atoms with Crippen LogP contribution in [0.2, 0.25) is 0 Å². The maximum Gasteiger partial charge on any atom is 0.416 e. The first-order valence-corrected chi connectivity index (χ1v) is 9.12. The van der Waals surface area contributed by atoms with E-state index in [4.69, 9.17) is 9.47 Å². The summed E-state index contributed by atoms with van der Waals surface area (Å²) in [5.41, 5.74) is 0.529. The highest BCUT2D eigenvalue weighted by molar-refractivity contribution is 5.85. The van der Waals surface area contributed by atoms with E-state index in [1.807, 2.05) is 24.3 Å². The lowest BCUT2D eigenvalue weighted by Crippen LogP contribution is -2.21. The molecule has 3 heterocycles. The van der Waals surface area contributed by atoms with E-state index in [1.54, 1.807) is 0 Å². The van der Waals surface area contributed by atoms with Crippen molar-refractivity contribution in [3.63, 3.8) is 0 Å². The third-order valence-electron chi connectivity index (χ3n) is 5.08. The Bertz CT molecular complexity index is 1230. The number of ether oxygens (including phenoxy) is 2. The van der Waals surface area contributed by atoms with Gasteiger partial charge in [-0.2, -0.15) is 13.2 Å². The van der Waals surface area contributed by atoms with E-state index in [1.165, 1.54) is 10.6 Å². The maximum absolute atomic E-state index is 13.0. The second kappa shape index (κ2) is 6.37. The van der Waals surface area contributed by atoms with Gasteiger partial charge in [-0.05, 0) is 54.0 Å². The SMILES string of the molecule is O=c1c2ccc(C(F)(F)F)cc2nc2n1CC/C2=C\c1ccc2c(c1)OCCO2. The van der Waals surface area contributed by atoms with Crippen molar-refractivity contribution in [3.8, 4) is 11.5 Å². The molecule has 148 valence electrons. The Morgan fingerprint density at radius 2 is 1.83 bits per heavy atom. The van der Waals surface area contributed by atoms with Crippen LogP contribution in [0.4, 0.5) is 13.2 Å². The molecule has 2 aromatic carbocycles. The predicted molar refractivity (Wildman–Crippen MR) is 101 cm³/mol. The molecule has 2 aliphatic heterocycles. The molecule has 8 heteroatoms. The van der Waals surface area contributed by atoms with E-state index in [9.17, 15) is 18.0 Å². The van der Waals surface area contributed by atoms with Crippen LogP contribution in [0, 0.1) is 0 Å². The maximum atomic E-state index is 13.0. The van der Waals surface area contributed by atoms with Gasteiger partial charge in [0.1, 0.15) is 19.0 Å². The van der Waals surface area contributed by atoms with Crippen molar-refractivity contribution in [1.82, 2.24) is 9.55 Å². The first-order valence-electron chi connectivity index (χ1n) is 9.12. The molecule has 0 aliphatic carbocycles. The van der Waals surface area contributed by atoms with Gasteiger partial charge in [0.25, 0.3) is 5.56 Å². The minimum Gasteiger partial charge on any atom is -0.486 e. The van der Waals surface area contributed by atoms with Crippen molar-refractivity contribution in [2.75, 3.05) is 13.2 Å². The van der Waals surface area contributed by atoms with Crippen molar-refractivity contribution >= 4 is 22.6 Å². The van der Waals surface area contributed by atoms with E-state index >= 15 is 0 Å². The Hall–Kier alpha value is -3.29. The van der Waals surface area contributed by atoms with Gasteiger partial charge in [-0.15, -0.1) is 0 Å². The number of nitrogens with zero attached hydrogens (tertiary/aromatic N) is 2. The third-order valence-corrected chi connectivity index (χ3v) is 5.08. The molecule has 0 saturated heterocycles. The molecule has 0 bridgehead atoms. The fraction of sp³-hybridized carbons (Fsp3) is 0.238. The number of hydrogen-bond acceptors (Lipinski definition) is 4. The van der Waals surface area contributed by atoms with Crippen LogP contribution in [-0.4, -0.2) is 22.8 Å². The Balaban J connectivity index is 1.61. The molecule has 1 aromatic heterocycles. The second-order valence-corrected chi connectivity index (χ2v) is 6.94. The zero-order chi connectivity index (χ0) is 20.2. The van der Waals surface area contributed by atoms with E-state index < -0.39 is 11.7 Å². The fourth-order valence-corrected chi connectivity index (χ4v) is 3.68. The van der Waals surface area contributed by atoms with Gasteiger partial charge in [0.05, 0.1) is 16.5 Å². The zero-order valence-electron chi connectivity index (χ0n) is 15.1. The second-order valence-electron chi connectivity index (χ2n) is 6.94. The molecule has 0 N–H and O–H groups in total. The van der Waals surface area contributed by atoms with Crippen LogP contribution in [0.25, 0.3) is 22.6 Å². The first kappa shape index (κ1) is 17.8. The lowest BCUT2D eigenvalue weighted by molar-refractivity contribution is -0.137. The summed E-state index contributed by atoms with van der Waals surface area (Å²) in [5, 5.41) is 0.183. The van der Waals surface area contributed by atoms with Gasteiger partial charge >= 0.3 is 6.18 Å². The number of allylic oxidation sites excluding steroid dienone is 1. The molecule has 29 heavy (non-hydrogen) atoms. The summed E-state index contributed by atoms with van der Waals surface area (Å²) < 4.78 is 51.8. The smallest absolute Gasteiger partial charge is 0.416 e. The van der Waals surface area contributed by atoms with Crippen molar-refractivity contribution < 1.29 is 22.6 Å². The van der Waals surface area contributed by atoms with Crippen LogP contribution in [0.15, 0.2) is 41.2 Å². The summed E-state index contributed by atoms with van der Waals surface area (Å²) in [5.74, 6) is 1.71. The molecule has 5 nitrogen and oxygen atoms in total. The van der Waals surface area contributed by atoms with Gasteiger partial charge in [-0.25, -0.2) is 4.98 Å². The monoisotopic (exact) mass is 400 g/mol. The Kier molecular flexibility index (Phi) is 3.90.